The fraction of sp³-hybridized carbons (Fsp3) is 0.368. The Morgan fingerprint density at radius 3 is 2.54 bits per heavy atom. The Bertz CT molecular complexity index is 738. The van der Waals surface area contributed by atoms with E-state index >= 15 is 0 Å². The topological polar surface area (TPSA) is 65.8 Å². The van der Waals surface area contributed by atoms with E-state index < -0.39 is 0 Å². The van der Waals surface area contributed by atoms with E-state index in [1.54, 1.807) is 29.0 Å². The summed E-state index contributed by atoms with van der Waals surface area (Å²) in [7, 11) is 1.76. The van der Waals surface area contributed by atoms with Crippen LogP contribution >= 0.6 is 11.6 Å². The predicted octanol–water partition coefficient (Wildman–Crippen LogP) is 3.38. The van der Waals surface area contributed by atoms with Gasteiger partial charge in [0.05, 0.1) is 6.26 Å². The number of rotatable bonds is 4. The van der Waals surface area contributed by atoms with Gasteiger partial charge >= 0.3 is 6.03 Å². The van der Waals surface area contributed by atoms with Crippen LogP contribution in [0, 0.1) is 0 Å². The maximum Gasteiger partial charge on any atom is 0.317 e. The van der Waals surface area contributed by atoms with Gasteiger partial charge in [-0.1, -0.05) is 23.7 Å². The quantitative estimate of drug-likeness (QED) is 0.890. The van der Waals surface area contributed by atoms with Crippen molar-refractivity contribution in [2.45, 2.75) is 25.4 Å². The Morgan fingerprint density at radius 2 is 1.92 bits per heavy atom. The molecule has 0 saturated carbocycles. The zero-order valence-electron chi connectivity index (χ0n) is 14.7. The second-order valence-corrected chi connectivity index (χ2v) is 6.91. The van der Waals surface area contributed by atoms with Crippen LogP contribution in [0.5, 0.6) is 0 Å². The number of halogens is 1. The van der Waals surface area contributed by atoms with Crippen LogP contribution in [0.1, 0.15) is 29.0 Å². The molecule has 0 unspecified atom stereocenters. The van der Waals surface area contributed by atoms with Gasteiger partial charge in [0, 0.05) is 37.7 Å². The maximum absolute atomic E-state index is 12.4. The summed E-state index contributed by atoms with van der Waals surface area (Å²) in [6.07, 6.45) is 2.96. The van der Waals surface area contributed by atoms with E-state index in [0.717, 1.165) is 18.4 Å². The smallest absolute Gasteiger partial charge is 0.317 e. The molecule has 0 aliphatic carbocycles. The Kier molecular flexibility index (Phi) is 5.83. The molecule has 0 spiro atoms. The van der Waals surface area contributed by atoms with Crippen molar-refractivity contribution in [3.8, 4) is 0 Å². The minimum Gasteiger partial charge on any atom is -0.459 e. The van der Waals surface area contributed by atoms with Crippen LogP contribution in [0.25, 0.3) is 0 Å². The van der Waals surface area contributed by atoms with Crippen LogP contribution < -0.4 is 5.32 Å². The van der Waals surface area contributed by atoms with Crippen LogP contribution in [0.3, 0.4) is 0 Å². The summed E-state index contributed by atoms with van der Waals surface area (Å²) in [6, 6.07) is 10.8. The molecule has 1 aromatic carbocycles. The third-order valence-corrected chi connectivity index (χ3v) is 4.77. The van der Waals surface area contributed by atoms with Gasteiger partial charge in [0.15, 0.2) is 5.76 Å². The zero-order valence-corrected chi connectivity index (χ0v) is 15.4. The standard InChI is InChI=1S/C19H22ClN3O3/c1-22(13-14-4-6-15(20)7-5-14)19(25)21-16-8-10-23(11-9-16)18(24)17-3-2-12-26-17/h2-7,12,16H,8-11,13H2,1H3,(H,21,25). The molecule has 1 aliphatic heterocycles. The van der Waals surface area contributed by atoms with Gasteiger partial charge in [0.1, 0.15) is 0 Å². The lowest BCUT2D eigenvalue weighted by Gasteiger charge is -2.32. The van der Waals surface area contributed by atoms with Crippen molar-refractivity contribution >= 4 is 23.5 Å². The first-order valence-electron chi connectivity index (χ1n) is 8.62. The molecule has 0 atom stereocenters. The van der Waals surface area contributed by atoms with E-state index in [4.69, 9.17) is 16.0 Å². The van der Waals surface area contributed by atoms with E-state index in [9.17, 15) is 9.59 Å². The van der Waals surface area contributed by atoms with Crippen molar-refractivity contribution in [1.29, 1.82) is 0 Å². The molecule has 3 amide bonds. The molecule has 0 radical (unpaired) electrons. The molecule has 0 bridgehead atoms. The highest BCUT2D eigenvalue weighted by molar-refractivity contribution is 6.30. The van der Waals surface area contributed by atoms with Crippen LogP contribution in [0.4, 0.5) is 4.79 Å². The second-order valence-electron chi connectivity index (χ2n) is 6.48. The third kappa shape index (κ3) is 4.58. The predicted molar refractivity (Wildman–Crippen MR) is 99.1 cm³/mol. The summed E-state index contributed by atoms with van der Waals surface area (Å²) >= 11 is 5.88. The zero-order chi connectivity index (χ0) is 18.5. The van der Waals surface area contributed by atoms with E-state index in [1.165, 1.54) is 6.26 Å². The van der Waals surface area contributed by atoms with Crippen LogP contribution in [-0.4, -0.2) is 47.9 Å². The normalized spacial score (nSPS) is 14.9. The number of nitrogens with zero attached hydrogens (tertiary/aromatic N) is 2. The molecule has 6 nitrogen and oxygen atoms in total. The number of carbonyl (C=O) groups excluding carboxylic acids is 2. The van der Waals surface area contributed by atoms with Crippen molar-refractivity contribution in [3.05, 3.63) is 59.0 Å². The molecule has 2 heterocycles. The number of piperidine rings is 1. The van der Waals surface area contributed by atoms with Crippen molar-refractivity contribution in [3.63, 3.8) is 0 Å². The number of amides is 3. The Balaban J connectivity index is 1.45. The van der Waals surface area contributed by atoms with Gasteiger partial charge in [0.25, 0.3) is 5.91 Å². The molecular formula is C19H22ClN3O3. The minimum atomic E-state index is -0.115. The molecule has 1 aromatic heterocycles. The van der Waals surface area contributed by atoms with E-state index in [0.29, 0.717) is 30.4 Å². The molecule has 3 rings (SSSR count). The molecule has 138 valence electrons. The van der Waals surface area contributed by atoms with Gasteiger partial charge in [-0.05, 0) is 42.7 Å². The van der Waals surface area contributed by atoms with Crippen LogP contribution in [-0.2, 0) is 6.54 Å². The first-order chi connectivity index (χ1) is 12.5. The third-order valence-electron chi connectivity index (χ3n) is 4.52. The van der Waals surface area contributed by atoms with Crippen molar-refractivity contribution < 1.29 is 14.0 Å². The molecule has 1 saturated heterocycles. The highest BCUT2D eigenvalue weighted by Crippen LogP contribution is 2.15. The monoisotopic (exact) mass is 375 g/mol. The van der Waals surface area contributed by atoms with Gasteiger partial charge in [-0.2, -0.15) is 0 Å². The van der Waals surface area contributed by atoms with Crippen LogP contribution in [0.15, 0.2) is 47.1 Å². The molecule has 26 heavy (non-hydrogen) atoms. The highest BCUT2D eigenvalue weighted by Gasteiger charge is 2.26. The van der Waals surface area contributed by atoms with Crippen LogP contribution in [0.2, 0.25) is 5.02 Å². The number of benzene rings is 1. The minimum absolute atomic E-state index is 0.0656. The summed E-state index contributed by atoms with van der Waals surface area (Å²) in [5, 5.41) is 3.72. The first-order valence-corrected chi connectivity index (χ1v) is 8.99. The average molecular weight is 376 g/mol. The van der Waals surface area contributed by atoms with Crippen molar-refractivity contribution in [2.75, 3.05) is 20.1 Å². The number of nitrogens with one attached hydrogen (secondary N) is 1. The number of carbonyl (C=O) groups is 2. The summed E-state index contributed by atoms with van der Waals surface area (Å²) < 4.78 is 5.16. The van der Waals surface area contributed by atoms with Gasteiger partial charge in [-0.25, -0.2) is 4.79 Å². The number of likely N-dealkylation sites (tertiary alicyclic amines) is 1. The average Bonchev–Trinajstić information content (AvgIpc) is 3.18. The lowest BCUT2D eigenvalue weighted by Crippen LogP contribution is -2.49. The van der Waals surface area contributed by atoms with E-state index in [2.05, 4.69) is 5.32 Å². The molecule has 7 heteroatoms. The van der Waals surface area contributed by atoms with Gasteiger partial charge in [0.2, 0.25) is 0 Å². The molecule has 1 aliphatic rings. The Hall–Kier alpha value is -2.47. The Morgan fingerprint density at radius 1 is 1.23 bits per heavy atom. The number of furan rings is 1. The summed E-state index contributed by atoms with van der Waals surface area (Å²) in [4.78, 5) is 28.0. The lowest BCUT2D eigenvalue weighted by atomic mass is 10.0. The highest BCUT2D eigenvalue weighted by atomic mass is 35.5. The maximum atomic E-state index is 12.4. The molecule has 2 aromatic rings. The van der Waals surface area contributed by atoms with Gasteiger partial charge in [-0.15, -0.1) is 0 Å². The largest absolute Gasteiger partial charge is 0.459 e. The van der Waals surface area contributed by atoms with Gasteiger partial charge < -0.3 is 19.5 Å². The van der Waals surface area contributed by atoms with E-state index in [1.807, 2.05) is 24.3 Å². The van der Waals surface area contributed by atoms with Crippen molar-refractivity contribution in [1.82, 2.24) is 15.1 Å². The van der Waals surface area contributed by atoms with E-state index in [-0.39, 0.29) is 18.0 Å². The summed E-state index contributed by atoms with van der Waals surface area (Å²) in [5.41, 5.74) is 1.02. The first kappa shape index (κ1) is 18.3. The fourth-order valence-electron chi connectivity index (χ4n) is 3.00. The summed E-state index contributed by atoms with van der Waals surface area (Å²) in [5.74, 6) is 0.259. The molecular weight excluding hydrogens is 354 g/mol. The number of hydrogen-bond acceptors (Lipinski definition) is 3. The fourth-order valence-corrected chi connectivity index (χ4v) is 3.13. The number of urea groups is 1. The SMILES string of the molecule is CN(Cc1ccc(Cl)cc1)C(=O)NC1CCN(C(=O)c2ccco2)CC1. The summed E-state index contributed by atoms with van der Waals surface area (Å²) in [6.45, 7) is 1.72. The lowest BCUT2D eigenvalue weighted by molar-refractivity contribution is 0.0674. The number of hydrogen-bond donors (Lipinski definition) is 1. The second kappa shape index (κ2) is 8.27. The van der Waals surface area contributed by atoms with Crippen molar-refractivity contribution in [2.24, 2.45) is 0 Å². The molecule has 1 fully saturated rings. The Labute approximate surface area is 157 Å². The van der Waals surface area contributed by atoms with Gasteiger partial charge in [-0.3, -0.25) is 4.79 Å². The molecule has 1 N–H and O–H groups in total.